The molecule has 0 radical (unpaired) electrons. The molecule has 9 heteroatoms. The zero-order valence-corrected chi connectivity index (χ0v) is 15.2. The number of carbonyl (C=O) groups is 1. The number of aromatic nitrogens is 4. The van der Waals surface area contributed by atoms with Crippen LogP contribution in [0, 0.1) is 6.92 Å². The molecule has 4 heterocycles. The van der Waals surface area contributed by atoms with Crippen molar-refractivity contribution in [2.75, 3.05) is 13.1 Å². The summed E-state index contributed by atoms with van der Waals surface area (Å²) in [6.45, 7) is 3.22. The number of nitrogens with zero attached hydrogens (tertiary/aromatic N) is 5. The fourth-order valence-corrected chi connectivity index (χ4v) is 3.71. The first-order valence-corrected chi connectivity index (χ1v) is 9.56. The van der Waals surface area contributed by atoms with E-state index in [4.69, 9.17) is 8.94 Å². The van der Waals surface area contributed by atoms with E-state index in [0.29, 0.717) is 49.4 Å². The van der Waals surface area contributed by atoms with Gasteiger partial charge in [0.1, 0.15) is 0 Å². The molecule has 1 amide bonds. The minimum absolute atomic E-state index is 0.112. The lowest BCUT2D eigenvalue weighted by Crippen LogP contribution is -2.38. The van der Waals surface area contributed by atoms with Gasteiger partial charge in [0.2, 0.25) is 23.6 Å². The Morgan fingerprint density at radius 3 is 2.88 bits per heavy atom. The largest absolute Gasteiger partial charge is 0.421 e. The third-order valence-electron chi connectivity index (χ3n) is 4.53. The Kier molecular flexibility index (Phi) is 4.79. The number of piperidine rings is 1. The molecule has 0 unspecified atom stereocenters. The van der Waals surface area contributed by atoms with Gasteiger partial charge in [-0.2, -0.15) is 16.3 Å². The first-order chi connectivity index (χ1) is 12.7. The van der Waals surface area contributed by atoms with Crippen molar-refractivity contribution in [3.63, 3.8) is 0 Å². The standard InChI is InChI=1S/C17H19N5O3S/c1-11-18-16(25-21-11)12-4-7-22(8-5-12)15(23)3-2-14-19-20-17(24-14)13-6-9-26-10-13/h6,9-10,12H,2-5,7-8H2,1H3. The maximum absolute atomic E-state index is 12.4. The maximum Gasteiger partial charge on any atom is 0.248 e. The Hall–Kier alpha value is -2.55. The first-order valence-electron chi connectivity index (χ1n) is 8.62. The highest BCUT2D eigenvalue weighted by Crippen LogP contribution is 2.27. The number of carbonyl (C=O) groups excluding carboxylic acids is 1. The molecule has 1 fully saturated rings. The van der Waals surface area contributed by atoms with Crippen LogP contribution < -0.4 is 0 Å². The van der Waals surface area contributed by atoms with Crippen LogP contribution in [-0.4, -0.2) is 44.2 Å². The molecule has 0 atom stereocenters. The van der Waals surface area contributed by atoms with Crippen LogP contribution in [0.4, 0.5) is 0 Å². The number of hydrogen-bond acceptors (Lipinski definition) is 8. The van der Waals surface area contributed by atoms with Crippen molar-refractivity contribution in [3.8, 4) is 11.5 Å². The van der Waals surface area contributed by atoms with Gasteiger partial charge < -0.3 is 13.8 Å². The molecule has 136 valence electrons. The van der Waals surface area contributed by atoms with E-state index in [1.807, 2.05) is 28.7 Å². The molecule has 0 N–H and O–H groups in total. The summed E-state index contributed by atoms with van der Waals surface area (Å²) >= 11 is 1.58. The number of aryl methyl sites for hydroxylation is 2. The quantitative estimate of drug-likeness (QED) is 0.678. The van der Waals surface area contributed by atoms with E-state index < -0.39 is 0 Å². The lowest BCUT2D eigenvalue weighted by atomic mass is 9.96. The molecular formula is C17H19N5O3S. The fourth-order valence-electron chi connectivity index (χ4n) is 3.08. The second-order valence-electron chi connectivity index (χ2n) is 6.35. The van der Waals surface area contributed by atoms with Crippen LogP contribution >= 0.6 is 11.3 Å². The molecule has 0 aliphatic carbocycles. The summed E-state index contributed by atoms with van der Waals surface area (Å²) in [5.41, 5.74) is 0.915. The molecule has 1 aliphatic rings. The van der Waals surface area contributed by atoms with E-state index in [-0.39, 0.29) is 11.8 Å². The maximum atomic E-state index is 12.4. The zero-order valence-electron chi connectivity index (χ0n) is 14.4. The molecule has 0 aromatic carbocycles. The third-order valence-corrected chi connectivity index (χ3v) is 5.21. The molecular weight excluding hydrogens is 354 g/mol. The van der Waals surface area contributed by atoms with Crippen LogP contribution in [0.2, 0.25) is 0 Å². The van der Waals surface area contributed by atoms with Gasteiger partial charge in [-0.3, -0.25) is 4.79 Å². The van der Waals surface area contributed by atoms with Gasteiger partial charge in [0.15, 0.2) is 5.82 Å². The van der Waals surface area contributed by atoms with Gasteiger partial charge in [-0.05, 0) is 31.2 Å². The van der Waals surface area contributed by atoms with Gasteiger partial charge in [-0.15, -0.1) is 10.2 Å². The summed E-state index contributed by atoms with van der Waals surface area (Å²) in [5, 5.41) is 15.8. The van der Waals surface area contributed by atoms with E-state index >= 15 is 0 Å². The fraction of sp³-hybridized carbons (Fsp3) is 0.471. The third kappa shape index (κ3) is 3.67. The summed E-state index contributed by atoms with van der Waals surface area (Å²) in [7, 11) is 0. The smallest absolute Gasteiger partial charge is 0.248 e. The van der Waals surface area contributed by atoms with Crippen molar-refractivity contribution < 1.29 is 13.7 Å². The second kappa shape index (κ2) is 7.36. The van der Waals surface area contributed by atoms with Crippen LogP contribution in [0.3, 0.4) is 0 Å². The molecule has 4 rings (SSSR count). The van der Waals surface area contributed by atoms with Crippen molar-refractivity contribution in [2.24, 2.45) is 0 Å². The highest BCUT2D eigenvalue weighted by atomic mass is 32.1. The van der Waals surface area contributed by atoms with Crippen LogP contribution in [0.5, 0.6) is 0 Å². The normalized spacial score (nSPS) is 15.5. The number of thiophene rings is 1. The molecule has 3 aromatic heterocycles. The van der Waals surface area contributed by atoms with Crippen LogP contribution in [0.1, 0.15) is 42.8 Å². The van der Waals surface area contributed by atoms with Gasteiger partial charge in [-0.1, -0.05) is 5.16 Å². The average Bonchev–Trinajstić information content (AvgIpc) is 3.41. The topological polar surface area (TPSA) is 98.2 Å². The molecule has 1 aliphatic heterocycles. The number of hydrogen-bond donors (Lipinski definition) is 0. The molecule has 1 saturated heterocycles. The van der Waals surface area contributed by atoms with Crippen LogP contribution in [-0.2, 0) is 11.2 Å². The summed E-state index contributed by atoms with van der Waals surface area (Å²) in [5.74, 6) is 2.69. The summed E-state index contributed by atoms with van der Waals surface area (Å²) in [4.78, 5) is 18.6. The van der Waals surface area contributed by atoms with E-state index in [1.165, 1.54) is 0 Å². The zero-order chi connectivity index (χ0) is 17.9. The Morgan fingerprint density at radius 2 is 2.19 bits per heavy atom. The van der Waals surface area contributed by atoms with Crippen molar-refractivity contribution in [3.05, 3.63) is 34.4 Å². The summed E-state index contributed by atoms with van der Waals surface area (Å²) in [6, 6.07) is 1.93. The van der Waals surface area contributed by atoms with Gasteiger partial charge in [0, 0.05) is 42.8 Å². The van der Waals surface area contributed by atoms with Gasteiger partial charge >= 0.3 is 0 Å². The van der Waals surface area contributed by atoms with Crippen molar-refractivity contribution in [2.45, 2.75) is 38.5 Å². The highest BCUT2D eigenvalue weighted by Gasteiger charge is 2.27. The monoisotopic (exact) mass is 373 g/mol. The number of likely N-dealkylation sites (tertiary alicyclic amines) is 1. The Morgan fingerprint density at radius 1 is 1.35 bits per heavy atom. The number of rotatable bonds is 5. The average molecular weight is 373 g/mol. The predicted molar refractivity (Wildman–Crippen MR) is 93.5 cm³/mol. The van der Waals surface area contributed by atoms with Crippen LogP contribution in [0.15, 0.2) is 25.8 Å². The minimum Gasteiger partial charge on any atom is -0.421 e. The van der Waals surface area contributed by atoms with E-state index in [0.717, 1.165) is 18.4 Å². The number of amides is 1. The predicted octanol–water partition coefficient (Wildman–Crippen LogP) is 2.83. The molecule has 26 heavy (non-hydrogen) atoms. The van der Waals surface area contributed by atoms with Gasteiger partial charge in [-0.25, -0.2) is 0 Å². The van der Waals surface area contributed by atoms with Gasteiger partial charge in [0.05, 0.1) is 0 Å². The lowest BCUT2D eigenvalue weighted by molar-refractivity contribution is -0.132. The Labute approximate surface area is 154 Å². The summed E-state index contributed by atoms with van der Waals surface area (Å²) < 4.78 is 10.9. The molecule has 0 bridgehead atoms. The van der Waals surface area contributed by atoms with Crippen molar-refractivity contribution >= 4 is 17.2 Å². The van der Waals surface area contributed by atoms with Crippen molar-refractivity contribution in [1.82, 2.24) is 25.2 Å². The Balaban J connectivity index is 1.27. The highest BCUT2D eigenvalue weighted by molar-refractivity contribution is 7.08. The lowest BCUT2D eigenvalue weighted by Gasteiger charge is -2.30. The van der Waals surface area contributed by atoms with E-state index in [1.54, 1.807) is 11.3 Å². The summed E-state index contributed by atoms with van der Waals surface area (Å²) in [6.07, 6.45) is 2.51. The first kappa shape index (κ1) is 16.9. The van der Waals surface area contributed by atoms with Crippen molar-refractivity contribution in [1.29, 1.82) is 0 Å². The molecule has 0 spiro atoms. The second-order valence-corrected chi connectivity index (χ2v) is 7.13. The molecule has 3 aromatic rings. The van der Waals surface area contributed by atoms with E-state index in [9.17, 15) is 4.79 Å². The SMILES string of the molecule is Cc1noc(C2CCN(C(=O)CCc3nnc(-c4ccsc4)o3)CC2)n1. The Bertz CT molecular complexity index is 865. The molecule has 0 saturated carbocycles. The van der Waals surface area contributed by atoms with Crippen LogP contribution in [0.25, 0.3) is 11.5 Å². The van der Waals surface area contributed by atoms with Gasteiger partial charge in [0.25, 0.3) is 0 Å². The minimum atomic E-state index is 0.112. The van der Waals surface area contributed by atoms with E-state index in [2.05, 4.69) is 20.3 Å². The molecule has 8 nitrogen and oxygen atoms in total.